The van der Waals surface area contributed by atoms with E-state index >= 15 is 0 Å². The van der Waals surface area contributed by atoms with Gasteiger partial charge in [0.25, 0.3) is 5.91 Å². The highest BCUT2D eigenvalue weighted by Gasteiger charge is 2.53. The van der Waals surface area contributed by atoms with Gasteiger partial charge >= 0.3 is 5.97 Å². The van der Waals surface area contributed by atoms with Gasteiger partial charge < -0.3 is 29.4 Å². The van der Waals surface area contributed by atoms with Gasteiger partial charge in [-0.05, 0) is 37.1 Å². The lowest BCUT2D eigenvalue weighted by atomic mass is 10.0. The SMILES string of the molecule is COC(=O)C1OC1C(=O)N1CCCCCC1CNc1ncnc2[nH]cc(C(=O)c3ccc(Oc4ccccc4)cc3Cl)c12. The van der Waals surface area contributed by atoms with Crippen molar-refractivity contribution in [2.75, 3.05) is 25.5 Å². The zero-order valence-corrected chi connectivity index (χ0v) is 24.2. The van der Waals surface area contributed by atoms with Crippen LogP contribution in [0.25, 0.3) is 11.0 Å². The molecule has 0 bridgehead atoms. The molecule has 0 aliphatic carbocycles. The number of aromatic nitrogens is 3. The maximum absolute atomic E-state index is 13.7. The quantitative estimate of drug-likeness (QED) is 0.157. The molecule has 43 heavy (non-hydrogen) atoms. The number of nitrogens with zero attached hydrogens (tertiary/aromatic N) is 3. The number of para-hydroxylation sites is 1. The second-order valence-corrected chi connectivity index (χ2v) is 10.9. The van der Waals surface area contributed by atoms with Gasteiger partial charge in [0.05, 0.1) is 23.1 Å². The van der Waals surface area contributed by atoms with E-state index in [2.05, 4.69) is 20.3 Å². The number of amides is 1. The second-order valence-electron chi connectivity index (χ2n) is 10.5. The Balaban J connectivity index is 1.21. The first-order valence-electron chi connectivity index (χ1n) is 14.1. The zero-order valence-electron chi connectivity index (χ0n) is 23.4. The first-order chi connectivity index (χ1) is 20.9. The predicted octanol–water partition coefficient (Wildman–Crippen LogP) is 4.76. The lowest BCUT2D eigenvalue weighted by Crippen LogP contribution is -2.46. The molecule has 2 saturated heterocycles. The first kappa shape index (κ1) is 28.6. The average Bonchev–Trinajstić information content (AvgIpc) is 3.76. The van der Waals surface area contributed by atoms with Crippen LogP contribution in [0.3, 0.4) is 0 Å². The van der Waals surface area contributed by atoms with E-state index in [0.29, 0.717) is 52.6 Å². The van der Waals surface area contributed by atoms with Gasteiger partial charge in [-0.2, -0.15) is 0 Å². The molecule has 11 nitrogen and oxygen atoms in total. The fourth-order valence-corrected chi connectivity index (χ4v) is 5.70. The van der Waals surface area contributed by atoms with E-state index in [1.165, 1.54) is 13.4 Å². The Hall–Kier alpha value is -4.48. The van der Waals surface area contributed by atoms with Crippen LogP contribution in [0.15, 0.2) is 61.1 Å². The Labute approximate surface area is 252 Å². The third-order valence-electron chi connectivity index (χ3n) is 7.71. The number of likely N-dealkylation sites (tertiary alicyclic amines) is 1. The molecule has 0 spiro atoms. The van der Waals surface area contributed by atoms with Crippen LogP contribution in [0.5, 0.6) is 11.5 Å². The van der Waals surface area contributed by atoms with E-state index in [4.69, 9.17) is 25.8 Å². The number of rotatable bonds is 9. The van der Waals surface area contributed by atoms with Crippen LogP contribution in [0.2, 0.25) is 5.02 Å². The molecule has 2 aromatic carbocycles. The fraction of sp³-hybridized carbons (Fsp3) is 0.323. The number of H-pyrrole nitrogens is 1. The Morgan fingerprint density at radius 3 is 2.67 bits per heavy atom. The smallest absolute Gasteiger partial charge is 0.338 e. The van der Waals surface area contributed by atoms with Crippen LogP contribution in [-0.4, -0.2) is 76.0 Å². The summed E-state index contributed by atoms with van der Waals surface area (Å²) in [6.07, 6.45) is 4.92. The molecule has 2 aromatic heterocycles. The monoisotopic (exact) mass is 603 g/mol. The molecule has 4 aromatic rings. The molecule has 2 aliphatic heterocycles. The molecule has 0 saturated carbocycles. The van der Waals surface area contributed by atoms with Gasteiger partial charge in [-0.25, -0.2) is 14.8 Å². The van der Waals surface area contributed by atoms with Crippen molar-refractivity contribution in [2.45, 2.75) is 43.9 Å². The molecule has 3 atom stereocenters. The Morgan fingerprint density at radius 1 is 1.05 bits per heavy atom. The number of aromatic amines is 1. The highest BCUT2D eigenvalue weighted by molar-refractivity contribution is 6.35. The maximum atomic E-state index is 13.7. The van der Waals surface area contributed by atoms with Crippen molar-refractivity contribution in [2.24, 2.45) is 0 Å². The molecular weight excluding hydrogens is 574 g/mol. The van der Waals surface area contributed by atoms with E-state index < -0.39 is 18.2 Å². The van der Waals surface area contributed by atoms with Gasteiger partial charge in [-0.3, -0.25) is 9.59 Å². The van der Waals surface area contributed by atoms with E-state index in [1.54, 1.807) is 29.3 Å². The largest absolute Gasteiger partial charge is 0.467 e. The van der Waals surface area contributed by atoms with Gasteiger partial charge in [0.1, 0.15) is 29.3 Å². The minimum Gasteiger partial charge on any atom is -0.467 e. The number of epoxide rings is 1. The first-order valence-corrected chi connectivity index (χ1v) is 14.5. The third kappa shape index (κ3) is 6.04. The number of methoxy groups -OCH3 is 1. The minimum absolute atomic E-state index is 0.160. The molecule has 4 heterocycles. The van der Waals surface area contributed by atoms with Crippen molar-refractivity contribution in [3.05, 3.63) is 77.2 Å². The predicted molar refractivity (Wildman–Crippen MR) is 158 cm³/mol. The number of nitrogens with one attached hydrogen (secondary N) is 2. The van der Waals surface area contributed by atoms with Crippen LogP contribution >= 0.6 is 11.6 Å². The molecule has 2 fully saturated rings. The molecule has 2 aliphatic rings. The van der Waals surface area contributed by atoms with Crippen molar-refractivity contribution in [1.82, 2.24) is 19.9 Å². The number of esters is 1. The van der Waals surface area contributed by atoms with Gasteiger partial charge in [0, 0.05) is 37.0 Å². The Bertz CT molecular complexity index is 1660. The van der Waals surface area contributed by atoms with Crippen LogP contribution in [-0.2, 0) is 19.1 Å². The summed E-state index contributed by atoms with van der Waals surface area (Å²) >= 11 is 6.56. The van der Waals surface area contributed by atoms with Crippen molar-refractivity contribution in [3.63, 3.8) is 0 Å². The number of carbonyl (C=O) groups is 3. The minimum atomic E-state index is -0.852. The lowest BCUT2D eigenvalue weighted by Gasteiger charge is -2.30. The average molecular weight is 604 g/mol. The molecule has 3 unspecified atom stereocenters. The van der Waals surface area contributed by atoms with Gasteiger partial charge in [0.15, 0.2) is 18.0 Å². The van der Waals surface area contributed by atoms with Crippen LogP contribution < -0.4 is 10.1 Å². The van der Waals surface area contributed by atoms with Gasteiger partial charge in [-0.15, -0.1) is 0 Å². The summed E-state index contributed by atoms with van der Waals surface area (Å²) in [5.74, 6) is 0.560. The topological polar surface area (TPSA) is 139 Å². The van der Waals surface area contributed by atoms with Crippen LogP contribution in [0.1, 0.15) is 41.6 Å². The molecule has 0 radical (unpaired) electrons. The van der Waals surface area contributed by atoms with Crippen LogP contribution in [0, 0.1) is 0 Å². The standard InChI is InChI=1S/C31H30ClN5O6/c1-41-31(40)27-26(43-27)30(39)37-13-7-3-4-8-18(37)15-33-28-24-22(16-34-29(24)36-17-35-28)25(38)21-12-11-20(14-23(21)32)42-19-9-5-2-6-10-19/h2,5-6,9-12,14,16-18,26-27H,3-4,7-8,13,15H2,1H3,(H2,33,34,35,36). The maximum Gasteiger partial charge on any atom is 0.338 e. The van der Waals surface area contributed by atoms with Crippen molar-refractivity contribution in [3.8, 4) is 11.5 Å². The fourth-order valence-electron chi connectivity index (χ4n) is 5.44. The lowest BCUT2D eigenvalue weighted by molar-refractivity contribution is -0.142. The van der Waals surface area contributed by atoms with E-state index in [1.807, 2.05) is 30.3 Å². The molecule has 1 amide bonds. The number of ether oxygens (including phenoxy) is 3. The van der Waals surface area contributed by atoms with Crippen molar-refractivity contribution in [1.29, 1.82) is 0 Å². The zero-order chi connectivity index (χ0) is 29.9. The van der Waals surface area contributed by atoms with Crippen LogP contribution in [0.4, 0.5) is 5.82 Å². The summed E-state index contributed by atoms with van der Waals surface area (Å²) in [6, 6.07) is 14.1. The molecular formula is C31H30ClN5O6. The number of hydrogen-bond donors (Lipinski definition) is 2. The van der Waals surface area contributed by atoms with Gasteiger partial charge in [-0.1, -0.05) is 42.6 Å². The second kappa shape index (κ2) is 12.4. The Kier molecular flexibility index (Phi) is 8.26. The number of benzene rings is 2. The number of ketones is 1. The van der Waals surface area contributed by atoms with E-state index in [9.17, 15) is 14.4 Å². The summed E-state index contributed by atoms with van der Waals surface area (Å²) in [5.41, 5.74) is 1.16. The third-order valence-corrected chi connectivity index (χ3v) is 8.03. The number of halogens is 1. The molecule has 2 N–H and O–H groups in total. The Morgan fingerprint density at radius 2 is 1.88 bits per heavy atom. The number of fused-ring (bicyclic) bond motifs is 1. The van der Waals surface area contributed by atoms with Crippen molar-refractivity contribution < 1.29 is 28.6 Å². The summed E-state index contributed by atoms with van der Waals surface area (Å²) in [7, 11) is 1.27. The molecule has 222 valence electrons. The van der Waals surface area contributed by atoms with E-state index in [-0.39, 0.29) is 22.8 Å². The summed E-state index contributed by atoms with van der Waals surface area (Å²) in [4.78, 5) is 52.4. The normalized spacial score (nSPS) is 19.9. The number of anilines is 1. The van der Waals surface area contributed by atoms with E-state index in [0.717, 1.165) is 25.7 Å². The molecule has 12 heteroatoms. The summed E-state index contributed by atoms with van der Waals surface area (Å²) < 4.78 is 15.9. The highest BCUT2D eigenvalue weighted by Crippen LogP contribution is 2.32. The number of hydrogen-bond acceptors (Lipinski definition) is 9. The molecule has 6 rings (SSSR count). The highest BCUT2D eigenvalue weighted by atomic mass is 35.5. The van der Waals surface area contributed by atoms with Crippen molar-refractivity contribution >= 4 is 46.1 Å². The summed E-state index contributed by atoms with van der Waals surface area (Å²) in [5, 5.41) is 4.13. The van der Waals surface area contributed by atoms with Gasteiger partial charge in [0.2, 0.25) is 0 Å². The summed E-state index contributed by atoms with van der Waals surface area (Å²) in [6.45, 7) is 0.951. The number of carbonyl (C=O) groups excluding carboxylic acids is 3.